The van der Waals surface area contributed by atoms with Crippen molar-refractivity contribution in [3.8, 4) is 39.1 Å². The molecule has 1 aromatic heterocycles. The summed E-state index contributed by atoms with van der Waals surface area (Å²) in [6.45, 7) is 16.4. The van der Waals surface area contributed by atoms with Crippen molar-refractivity contribution < 1.29 is 0 Å². The molecule has 0 spiro atoms. The van der Waals surface area contributed by atoms with Gasteiger partial charge in [0.25, 0.3) is 0 Å². The van der Waals surface area contributed by atoms with E-state index in [9.17, 15) is 0 Å². The maximum Gasteiger partial charge on any atom is 0.197 e. The Balaban J connectivity index is 1.21. The number of benzene rings is 8. The summed E-state index contributed by atoms with van der Waals surface area (Å²) in [4.78, 5) is 0. The van der Waals surface area contributed by atoms with Gasteiger partial charge < -0.3 is 9.88 Å². The molecule has 3 heteroatoms. The van der Waals surface area contributed by atoms with Crippen LogP contribution in [0.4, 0.5) is 11.4 Å². The molecule has 0 bridgehead atoms. The van der Waals surface area contributed by atoms with E-state index in [1.807, 2.05) is 0 Å². The highest BCUT2D eigenvalue weighted by atomic mass is 15.0. The Morgan fingerprint density at radius 2 is 1.22 bits per heavy atom. The van der Waals surface area contributed by atoms with Crippen LogP contribution >= 0.6 is 0 Å². The molecule has 0 atom stereocenters. The predicted octanol–water partition coefficient (Wildman–Crippen LogP) is 13.2. The average Bonchev–Trinajstić information content (AvgIpc) is 3.71. The van der Waals surface area contributed by atoms with Crippen LogP contribution in [0.25, 0.3) is 71.6 Å². The number of anilines is 2. The quantitative estimate of drug-likeness (QED) is 0.177. The lowest BCUT2D eigenvalue weighted by molar-refractivity contribution is 0.590. The molecule has 0 unspecified atom stereocenters. The molecule has 2 aliphatic heterocycles. The lowest BCUT2D eigenvalue weighted by Crippen LogP contribution is -2.41. The number of nitrogens with one attached hydrogen (secondary N) is 1. The zero-order valence-corrected chi connectivity index (χ0v) is 34.9. The molecule has 8 aromatic carbocycles. The first kappa shape index (κ1) is 34.7. The molecular formula is C56H46BN2. The van der Waals surface area contributed by atoms with Crippen LogP contribution in [0.15, 0.2) is 146 Å². The summed E-state index contributed by atoms with van der Waals surface area (Å²) < 4.78 is 2.66. The molecule has 2 nitrogen and oxygen atoms in total. The van der Waals surface area contributed by atoms with Crippen LogP contribution in [-0.2, 0) is 16.2 Å². The van der Waals surface area contributed by atoms with Crippen molar-refractivity contribution >= 4 is 62.2 Å². The summed E-state index contributed by atoms with van der Waals surface area (Å²) in [7, 11) is 2.48. The maximum absolute atomic E-state index is 3.87. The molecule has 9 aromatic rings. The lowest BCUT2D eigenvalue weighted by atomic mass is 9.57. The Hall–Kier alpha value is -6.32. The first-order valence-corrected chi connectivity index (χ1v) is 21.2. The third kappa shape index (κ3) is 4.65. The van der Waals surface area contributed by atoms with Gasteiger partial charge in [0.05, 0.1) is 5.52 Å². The Labute approximate surface area is 347 Å². The fourth-order valence-electron chi connectivity index (χ4n) is 11.1. The van der Waals surface area contributed by atoms with E-state index >= 15 is 0 Å². The molecule has 3 aliphatic rings. The summed E-state index contributed by atoms with van der Waals surface area (Å²) in [5, 5.41) is 9.16. The molecule has 1 aliphatic carbocycles. The second-order valence-electron chi connectivity index (χ2n) is 19.3. The van der Waals surface area contributed by atoms with Crippen molar-refractivity contribution in [1.82, 2.24) is 4.57 Å². The average molecular weight is 758 g/mol. The van der Waals surface area contributed by atoms with Crippen molar-refractivity contribution in [3.63, 3.8) is 0 Å². The summed E-state index contributed by atoms with van der Waals surface area (Å²) in [5.41, 5.74) is 23.0. The molecule has 0 saturated heterocycles. The number of aromatic nitrogens is 1. The van der Waals surface area contributed by atoms with Gasteiger partial charge >= 0.3 is 0 Å². The van der Waals surface area contributed by atoms with Crippen LogP contribution in [0.3, 0.4) is 0 Å². The van der Waals surface area contributed by atoms with Crippen LogP contribution in [0.1, 0.15) is 76.3 Å². The van der Waals surface area contributed by atoms with Crippen LogP contribution in [-0.4, -0.2) is 11.8 Å². The van der Waals surface area contributed by atoms with Gasteiger partial charge in [-0.15, -0.1) is 0 Å². The third-order valence-corrected chi connectivity index (χ3v) is 14.1. The number of nitrogens with zero attached hydrogens (tertiary/aromatic N) is 1. The summed E-state index contributed by atoms with van der Waals surface area (Å²) in [5.74, 6) is 0. The van der Waals surface area contributed by atoms with Gasteiger partial charge in [-0.25, -0.2) is 0 Å². The standard InChI is InChI=1S/C56H46BN2/c1-54(2,3)34-24-26-35(27-25-34)58-47-22-13-11-18-38(47)41-31-39(33-23-28-43-40(29-33)37-17-10-12-19-42(37)55(43,4)5)49-48-36-16-9-8-15-32(36)30-45-52(48)59-51-44(56(45,6)7)20-14-21-46(51)57-50(41)53(49)59/h8-31,58H,1-7H3. The lowest BCUT2D eigenvalue weighted by Gasteiger charge is -2.38. The van der Waals surface area contributed by atoms with Gasteiger partial charge in [0.15, 0.2) is 7.28 Å². The Kier molecular flexibility index (Phi) is 6.86. The van der Waals surface area contributed by atoms with Gasteiger partial charge in [-0.1, -0.05) is 163 Å². The monoisotopic (exact) mass is 757 g/mol. The van der Waals surface area contributed by atoms with E-state index in [0.29, 0.717) is 0 Å². The fourth-order valence-corrected chi connectivity index (χ4v) is 11.1. The number of fused-ring (bicyclic) bond motifs is 6. The summed E-state index contributed by atoms with van der Waals surface area (Å²) in [6.07, 6.45) is 0. The molecular weight excluding hydrogens is 711 g/mol. The van der Waals surface area contributed by atoms with Crippen molar-refractivity contribution in [2.75, 3.05) is 5.32 Å². The van der Waals surface area contributed by atoms with Gasteiger partial charge in [-0.3, -0.25) is 0 Å². The first-order valence-electron chi connectivity index (χ1n) is 21.2. The van der Waals surface area contributed by atoms with E-state index in [1.165, 1.54) is 110 Å². The highest BCUT2D eigenvalue weighted by molar-refractivity contribution is 6.74. The van der Waals surface area contributed by atoms with Gasteiger partial charge in [-0.2, -0.15) is 0 Å². The first-order chi connectivity index (χ1) is 28.4. The van der Waals surface area contributed by atoms with Gasteiger partial charge in [0.2, 0.25) is 0 Å². The van der Waals surface area contributed by atoms with E-state index in [2.05, 4.69) is 211 Å². The largest absolute Gasteiger partial charge is 0.355 e. The van der Waals surface area contributed by atoms with Gasteiger partial charge in [0.1, 0.15) is 0 Å². The SMILES string of the molecule is CC(C)(C)c1ccc(Nc2ccccc2-c2cc(-c3ccc4c(c3)-c3ccccc3C4(C)C)c3c4c5ccccc5cc5c4n4c3c2[B]c2cccc(c2-4)C5(C)C)cc1. The molecule has 0 amide bonds. The van der Waals surface area contributed by atoms with Crippen LogP contribution < -0.4 is 16.2 Å². The van der Waals surface area contributed by atoms with Gasteiger partial charge in [0, 0.05) is 49.7 Å². The second kappa shape index (κ2) is 11.7. The minimum atomic E-state index is -0.186. The summed E-state index contributed by atoms with van der Waals surface area (Å²) >= 11 is 0. The van der Waals surface area contributed by atoms with E-state index < -0.39 is 0 Å². The Morgan fingerprint density at radius 1 is 0.525 bits per heavy atom. The Bertz CT molecular complexity index is 3300. The van der Waals surface area contributed by atoms with E-state index in [1.54, 1.807) is 0 Å². The zero-order valence-electron chi connectivity index (χ0n) is 34.9. The second-order valence-corrected chi connectivity index (χ2v) is 19.3. The normalized spacial score (nSPS) is 15.1. The number of hydrogen-bond donors (Lipinski definition) is 1. The number of hydrogen-bond acceptors (Lipinski definition) is 1. The van der Waals surface area contributed by atoms with Gasteiger partial charge in [-0.05, 0) is 114 Å². The van der Waals surface area contributed by atoms with Crippen LogP contribution in [0.5, 0.6) is 0 Å². The van der Waals surface area contributed by atoms with E-state index in [4.69, 9.17) is 0 Å². The highest BCUT2D eigenvalue weighted by Crippen LogP contribution is 2.54. The third-order valence-electron chi connectivity index (χ3n) is 14.1. The predicted molar refractivity (Wildman–Crippen MR) is 252 cm³/mol. The topological polar surface area (TPSA) is 17.0 Å². The maximum atomic E-state index is 3.87. The van der Waals surface area contributed by atoms with Crippen LogP contribution in [0, 0.1) is 0 Å². The minimum absolute atomic E-state index is 0.0636. The molecule has 1 radical (unpaired) electrons. The summed E-state index contributed by atoms with van der Waals surface area (Å²) in [6, 6.07) is 55.2. The molecule has 59 heavy (non-hydrogen) atoms. The molecule has 3 heterocycles. The van der Waals surface area contributed by atoms with Crippen molar-refractivity contribution in [2.45, 2.75) is 64.7 Å². The van der Waals surface area contributed by atoms with Crippen molar-refractivity contribution in [1.29, 1.82) is 0 Å². The minimum Gasteiger partial charge on any atom is -0.355 e. The number of para-hydroxylation sites is 2. The fraction of sp³-hybridized carbons (Fsp3) is 0.179. The smallest absolute Gasteiger partial charge is 0.197 e. The molecule has 283 valence electrons. The van der Waals surface area contributed by atoms with E-state index in [-0.39, 0.29) is 16.2 Å². The Morgan fingerprint density at radius 3 is 2.03 bits per heavy atom. The molecule has 12 rings (SSSR count). The molecule has 0 saturated carbocycles. The molecule has 0 fully saturated rings. The van der Waals surface area contributed by atoms with Crippen LogP contribution in [0.2, 0.25) is 0 Å². The zero-order chi connectivity index (χ0) is 40.2. The van der Waals surface area contributed by atoms with E-state index in [0.717, 1.165) is 11.4 Å². The molecule has 1 N–H and O–H groups in total. The highest BCUT2D eigenvalue weighted by Gasteiger charge is 2.41. The number of rotatable bonds is 4. The van der Waals surface area contributed by atoms with Crippen molar-refractivity contribution in [2.24, 2.45) is 0 Å². The van der Waals surface area contributed by atoms with Crippen molar-refractivity contribution in [3.05, 3.63) is 173 Å².